The molecule has 0 spiro atoms. The molecule has 3 heterocycles. The van der Waals surface area contributed by atoms with Crippen LogP contribution in [0, 0.1) is 17.1 Å². The van der Waals surface area contributed by atoms with Gasteiger partial charge in [0.25, 0.3) is 0 Å². The molecule has 25 heavy (non-hydrogen) atoms. The number of rotatable bonds is 3. The third-order valence-corrected chi connectivity index (χ3v) is 4.54. The normalized spacial score (nSPS) is 18.4. The molecule has 2 aliphatic heterocycles. The van der Waals surface area contributed by atoms with Gasteiger partial charge in [-0.2, -0.15) is 10.2 Å². The summed E-state index contributed by atoms with van der Waals surface area (Å²) in [7, 11) is 0. The van der Waals surface area contributed by atoms with Gasteiger partial charge in [0.1, 0.15) is 24.3 Å². The van der Waals surface area contributed by atoms with Crippen LogP contribution in [-0.4, -0.2) is 35.2 Å². The van der Waals surface area contributed by atoms with Gasteiger partial charge in [-0.15, -0.1) is 0 Å². The lowest BCUT2D eigenvalue weighted by atomic mass is 10.1. The average Bonchev–Trinajstić information content (AvgIpc) is 3.00. The molecule has 2 aromatic rings. The molecule has 2 aliphatic rings. The van der Waals surface area contributed by atoms with Gasteiger partial charge in [-0.3, -0.25) is 4.57 Å². The average molecular weight is 341 g/mol. The predicted molar refractivity (Wildman–Crippen MR) is 87.9 cm³/mol. The van der Waals surface area contributed by atoms with Crippen molar-refractivity contribution in [3.8, 4) is 11.9 Å². The highest BCUT2D eigenvalue weighted by molar-refractivity contribution is 5.47. The van der Waals surface area contributed by atoms with Crippen molar-refractivity contribution in [1.29, 1.82) is 5.26 Å². The number of nitrogens with one attached hydrogen (secondary N) is 1. The maximum atomic E-state index is 13.4. The van der Waals surface area contributed by atoms with Gasteiger partial charge in [-0.25, -0.2) is 9.18 Å². The SMILES string of the molecule is N#Cc1cc(COc2cc3n(c(=O)n2)CC2CNCCN32)ccc1F. The molecule has 0 radical (unpaired) electrons. The second kappa shape index (κ2) is 6.18. The van der Waals surface area contributed by atoms with E-state index in [-0.39, 0.29) is 29.8 Å². The van der Waals surface area contributed by atoms with Crippen molar-refractivity contribution in [2.24, 2.45) is 0 Å². The molecule has 4 rings (SSSR count). The zero-order valence-electron chi connectivity index (χ0n) is 13.4. The molecule has 0 bridgehead atoms. The minimum Gasteiger partial charge on any atom is -0.473 e. The van der Waals surface area contributed by atoms with Crippen LogP contribution < -0.4 is 20.6 Å². The molecule has 0 saturated carbocycles. The van der Waals surface area contributed by atoms with Crippen LogP contribution in [-0.2, 0) is 13.2 Å². The highest BCUT2D eigenvalue weighted by Gasteiger charge is 2.32. The third-order valence-electron chi connectivity index (χ3n) is 4.54. The van der Waals surface area contributed by atoms with E-state index in [1.54, 1.807) is 22.8 Å². The first-order valence-corrected chi connectivity index (χ1v) is 8.06. The fraction of sp³-hybridized carbons (Fsp3) is 0.353. The van der Waals surface area contributed by atoms with Crippen molar-refractivity contribution in [2.75, 3.05) is 24.5 Å². The largest absolute Gasteiger partial charge is 0.473 e. The van der Waals surface area contributed by atoms with Gasteiger partial charge < -0.3 is 15.0 Å². The standard InChI is InChI=1S/C17H16FN5O2/c18-14-2-1-11(5-12(14)7-19)10-25-15-6-16-22-4-3-20-8-13(22)9-23(16)17(24)21-15/h1-2,5-6,13,20H,3-4,8-10H2. The summed E-state index contributed by atoms with van der Waals surface area (Å²) >= 11 is 0. The summed E-state index contributed by atoms with van der Waals surface area (Å²) in [5.74, 6) is 0.487. The van der Waals surface area contributed by atoms with E-state index in [9.17, 15) is 9.18 Å². The number of halogens is 1. The van der Waals surface area contributed by atoms with Crippen LogP contribution in [0.1, 0.15) is 11.1 Å². The first kappa shape index (κ1) is 15.6. The Balaban J connectivity index is 1.56. The summed E-state index contributed by atoms with van der Waals surface area (Å²) in [5.41, 5.74) is 0.269. The molecule has 1 unspecified atom stereocenters. The molecule has 7 nitrogen and oxygen atoms in total. The highest BCUT2D eigenvalue weighted by Crippen LogP contribution is 2.27. The van der Waals surface area contributed by atoms with Gasteiger partial charge in [-0.1, -0.05) is 6.07 Å². The number of hydrogen-bond acceptors (Lipinski definition) is 6. The molecule has 1 saturated heterocycles. The van der Waals surface area contributed by atoms with Crippen LogP contribution in [0.5, 0.6) is 5.88 Å². The summed E-state index contributed by atoms with van der Waals surface area (Å²) in [6, 6.07) is 8.03. The summed E-state index contributed by atoms with van der Waals surface area (Å²) in [6.45, 7) is 3.27. The lowest BCUT2D eigenvalue weighted by Crippen LogP contribution is -2.49. The molecule has 0 aliphatic carbocycles. The Morgan fingerprint density at radius 2 is 2.32 bits per heavy atom. The Morgan fingerprint density at radius 3 is 3.16 bits per heavy atom. The van der Waals surface area contributed by atoms with E-state index in [0.29, 0.717) is 12.1 Å². The van der Waals surface area contributed by atoms with Crippen LogP contribution in [0.2, 0.25) is 0 Å². The van der Waals surface area contributed by atoms with E-state index >= 15 is 0 Å². The number of aromatic nitrogens is 2. The minimum atomic E-state index is -0.565. The van der Waals surface area contributed by atoms with Gasteiger partial charge in [0.15, 0.2) is 0 Å². The fourth-order valence-corrected chi connectivity index (χ4v) is 3.30. The Labute approximate surface area is 143 Å². The number of piperazine rings is 1. The quantitative estimate of drug-likeness (QED) is 0.881. The van der Waals surface area contributed by atoms with Crippen LogP contribution in [0.3, 0.4) is 0 Å². The molecule has 1 fully saturated rings. The zero-order valence-corrected chi connectivity index (χ0v) is 13.4. The fourth-order valence-electron chi connectivity index (χ4n) is 3.30. The van der Waals surface area contributed by atoms with Crippen LogP contribution in [0.15, 0.2) is 29.1 Å². The van der Waals surface area contributed by atoms with Crippen LogP contribution in [0.4, 0.5) is 10.2 Å². The summed E-state index contributed by atoms with van der Waals surface area (Å²) in [6.07, 6.45) is 0. The number of nitrogens with zero attached hydrogens (tertiary/aromatic N) is 4. The second-order valence-corrected chi connectivity index (χ2v) is 6.11. The van der Waals surface area contributed by atoms with Gasteiger partial charge in [-0.05, 0) is 17.7 Å². The van der Waals surface area contributed by atoms with Crippen LogP contribution in [0.25, 0.3) is 0 Å². The number of benzene rings is 1. The van der Waals surface area contributed by atoms with E-state index in [1.807, 2.05) is 0 Å². The maximum Gasteiger partial charge on any atom is 0.352 e. The number of ether oxygens (including phenoxy) is 1. The van der Waals surface area contributed by atoms with Crippen molar-refractivity contribution in [3.05, 3.63) is 51.7 Å². The molecule has 128 valence electrons. The summed E-state index contributed by atoms with van der Waals surface area (Å²) < 4.78 is 20.6. The third kappa shape index (κ3) is 2.83. The zero-order chi connectivity index (χ0) is 17.4. The predicted octanol–water partition coefficient (Wildman–Crippen LogP) is 0.625. The van der Waals surface area contributed by atoms with Crippen molar-refractivity contribution in [2.45, 2.75) is 19.2 Å². The number of anilines is 1. The van der Waals surface area contributed by atoms with Gasteiger partial charge in [0, 0.05) is 25.7 Å². The number of fused-ring (bicyclic) bond motifs is 3. The molecule has 0 amide bonds. The molecule has 1 N–H and O–H groups in total. The summed E-state index contributed by atoms with van der Waals surface area (Å²) in [4.78, 5) is 18.4. The number of nitriles is 1. The second-order valence-electron chi connectivity index (χ2n) is 6.11. The first-order chi connectivity index (χ1) is 12.2. The van der Waals surface area contributed by atoms with E-state index < -0.39 is 5.82 Å². The first-order valence-electron chi connectivity index (χ1n) is 8.06. The lowest BCUT2D eigenvalue weighted by Gasteiger charge is -2.31. The number of hydrogen-bond donors (Lipinski definition) is 1. The van der Waals surface area contributed by atoms with E-state index in [1.165, 1.54) is 12.1 Å². The van der Waals surface area contributed by atoms with E-state index in [4.69, 9.17) is 10.00 Å². The monoisotopic (exact) mass is 341 g/mol. The van der Waals surface area contributed by atoms with Gasteiger partial charge >= 0.3 is 5.69 Å². The van der Waals surface area contributed by atoms with Crippen molar-refractivity contribution in [3.63, 3.8) is 0 Å². The van der Waals surface area contributed by atoms with Gasteiger partial charge in [0.2, 0.25) is 5.88 Å². The Hall–Kier alpha value is -2.92. The van der Waals surface area contributed by atoms with Crippen molar-refractivity contribution < 1.29 is 9.13 Å². The molecule has 1 aromatic heterocycles. The molecule has 1 aromatic carbocycles. The van der Waals surface area contributed by atoms with Crippen molar-refractivity contribution >= 4 is 5.82 Å². The maximum absolute atomic E-state index is 13.4. The Kier molecular flexibility index (Phi) is 3.86. The topological polar surface area (TPSA) is 83.2 Å². The molecular formula is C17H16FN5O2. The molecule has 8 heteroatoms. The highest BCUT2D eigenvalue weighted by atomic mass is 19.1. The summed E-state index contributed by atoms with van der Waals surface area (Å²) in [5, 5.41) is 12.2. The smallest absolute Gasteiger partial charge is 0.352 e. The Bertz CT molecular complexity index is 920. The molecular weight excluding hydrogens is 325 g/mol. The Morgan fingerprint density at radius 1 is 1.44 bits per heavy atom. The van der Waals surface area contributed by atoms with E-state index in [0.717, 1.165) is 25.5 Å². The van der Waals surface area contributed by atoms with Crippen molar-refractivity contribution in [1.82, 2.24) is 14.9 Å². The lowest BCUT2D eigenvalue weighted by molar-refractivity contribution is 0.291. The van der Waals surface area contributed by atoms with Gasteiger partial charge in [0.05, 0.1) is 18.2 Å². The van der Waals surface area contributed by atoms with E-state index in [2.05, 4.69) is 15.2 Å². The minimum absolute atomic E-state index is 0.0354. The molecule has 1 atom stereocenters. The van der Waals surface area contributed by atoms with Crippen LogP contribution >= 0.6 is 0 Å².